The first-order valence-electron chi connectivity index (χ1n) is 5.30. The van der Waals surface area contributed by atoms with E-state index in [0.717, 1.165) is 12.5 Å². The van der Waals surface area contributed by atoms with Crippen LogP contribution in [0.15, 0.2) is 18.2 Å². The highest BCUT2D eigenvalue weighted by atomic mass is 19.2. The van der Waals surface area contributed by atoms with Crippen LogP contribution in [0.4, 0.5) is 8.78 Å². The molecule has 1 aromatic carbocycles. The molecule has 4 heteroatoms. The summed E-state index contributed by atoms with van der Waals surface area (Å²) >= 11 is 0. The SMILES string of the molecule is CC1(C(O)c2cccc(F)c2F)CCCO1. The van der Waals surface area contributed by atoms with Gasteiger partial charge in [-0.2, -0.15) is 0 Å². The minimum absolute atomic E-state index is 0.0376. The van der Waals surface area contributed by atoms with E-state index in [1.165, 1.54) is 12.1 Å². The third-order valence-electron chi connectivity index (χ3n) is 3.10. The normalized spacial score (nSPS) is 27.0. The van der Waals surface area contributed by atoms with Crippen LogP contribution in [0.2, 0.25) is 0 Å². The predicted octanol–water partition coefficient (Wildman–Crippen LogP) is 2.57. The van der Waals surface area contributed by atoms with Crippen LogP contribution in [0.25, 0.3) is 0 Å². The maximum absolute atomic E-state index is 13.5. The second-order valence-corrected chi connectivity index (χ2v) is 4.31. The van der Waals surface area contributed by atoms with Crippen molar-refractivity contribution >= 4 is 0 Å². The van der Waals surface area contributed by atoms with E-state index in [2.05, 4.69) is 0 Å². The molecule has 1 N–H and O–H groups in total. The molecule has 88 valence electrons. The Labute approximate surface area is 92.9 Å². The first-order chi connectivity index (χ1) is 7.54. The number of ether oxygens (including phenoxy) is 1. The average Bonchev–Trinajstić information content (AvgIpc) is 2.70. The Hall–Kier alpha value is -1.00. The lowest BCUT2D eigenvalue weighted by Crippen LogP contribution is -2.32. The quantitative estimate of drug-likeness (QED) is 0.843. The Balaban J connectivity index is 2.33. The highest BCUT2D eigenvalue weighted by molar-refractivity contribution is 5.23. The molecule has 0 spiro atoms. The van der Waals surface area contributed by atoms with Crippen molar-refractivity contribution in [1.82, 2.24) is 0 Å². The van der Waals surface area contributed by atoms with E-state index in [4.69, 9.17) is 4.74 Å². The van der Waals surface area contributed by atoms with Crippen molar-refractivity contribution in [3.05, 3.63) is 35.4 Å². The van der Waals surface area contributed by atoms with Gasteiger partial charge in [0.05, 0.1) is 5.60 Å². The molecule has 2 unspecified atom stereocenters. The fourth-order valence-electron chi connectivity index (χ4n) is 2.08. The van der Waals surface area contributed by atoms with Crippen molar-refractivity contribution in [2.45, 2.75) is 31.5 Å². The molecule has 0 radical (unpaired) electrons. The van der Waals surface area contributed by atoms with Gasteiger partial charge in [0.1, 0.15) is 6.10 Å². The number of hydrogen-bond donors (Lipinski definition) is 1. The van der Waals surface area contributed by atoms with Crippen LogP contribution in [0.5, 0.6) is 0 Å². The summed E-state index contributed by atoms with van der Waals surface area (Å²) in [6.07, 6.45) is 0.333. The molecule has 2 nitrogen and oxygen atoms in total. The monoisotopic (exact) mass is 228 g/mol. The summed E-state index contributed by atoms with van der Waals surface area (Å²) in [7, 11) is 0. The van der Waals surface area contributed by atoms with Crippen LogP contribution >= 0.6 is 0 Å². The van der Waals surface area contributed by atoms with E-state index >= 15 is 0 Å². The summed E-state index contributed by atoms with van der Waals surface area (Å²) in [5, 5.41) is 10.1. The number of benzene rings is 1. The maximum Gasteiger partial charge on any atom is 0.164 e. The topological polar surface area (TPSA) is 29.5 Å². The molecule has 2 rings (SSSR count). The van der Waals surface area contributed by atoms with Crippen LogP contribution in [0.1, 0.15) is 31.4 Å². The molecule has 16 heavy (non-hydrogen) atoms. The van der Waals surface area contributed by atoms with Gasteiger partial charge in [0, 0.05) is 12.2 Å². The van der Waals surface area contributed by atoms with Crippen molar-refractivity contribution in [1.29, 1.82) is 0 Å². The Kier molecular flexibility index (Phi) is 2.95. The molecule has 0 amide bonds. The molecule has 0 aromatic heterocycles. The fraction of sp³-hybridized carbons (Fsp3) is 0.500. The Morgan fingerprint density at radius 2 is 2.19 bits per heavy atom. The molecule has 2 atom stereocenters. The van der Waals surface area contributed by atoms with Crippen molar-refractivity contribution in [2.75, 3.05) is 6.61 Å². The highest BCUT2D eigenvalue weighted by Crippen LogP contribution is 2.38. The van der Waals surface area contributed by atoms with Gasteiger partial charge in [-0.15, -0.1) is 0 Å². The summed E-state index contributed by atoms with van der Waals surface area (Å²) < 4.78 is 31.9. The summed E-state index contributed by atoms with van der Waals surface area (Å²) in [6, 6.07) is 3.80. The molecule has 1 fully saturated rings. The van der Waals surface area contributed by atoms with E-state index in [0.29, 0.717) is 13.0 Å². The second kappa shape index (κ2) is 4.11. The predicted molar refractivity (Wildman–Crippen MR) is 54.9 cm³/mol. The summed E-state index contributed by atoms with van der Waals surface area (Å²) in [6.45, 7) is 2.26. The largest absolute Gasteiger partial charge is 0.385 e. The van der Waals surface area contributed by atoms with E-state index in [1.54, 1.807) is 6.92 Å². The zero-order valence-corrected chi connectivity index (χ0v) is 9.04. The minimum Gasteiger partial charge on any atom is -0.385 e. The van der Waals surface area contributed by atoms with Crippen molar-refractivity contribution in [3.63, 3.8) is 0 Å². The van der Waals surface area contributed by atoms with Gasteiger partial charge in [0.2, 0.25) is 0 Å². The van der Waals surface area contributed by atoms with Crippen LogP contribution in [0.3, 0.4) is 0 Å². The van der Waals surface area contributed by atoms with Crippen LogP contribution in [-0.4, -0.2) is 17.3 Å². The Morgan fingerprint density at radius 3 is 2.81 bits per heavy atom. The van der Waals surface area contributed by atoms with E-state index < -0.39 is 23.3 Å². The zero-order valence-electron chi connectivity index (χ0n) is 9.04. The van der Waals surface area contributed by atoms with Gasteiger partial charge >= 0.3 is 0 Å². The fourth-order valence-corrected chi connectivity index (χ4v) is 2.08. The molecular formula is C12H14F2O2. The molecule has 1 saturated heterocycles. The lowest BCUT2D eigenvalue weighted by molar-refractivity contribution is -0.0810. The number of aliphatic hydroxyl groups excluding tert-OH is 1. The minimum atomic E-state index is -1.13. The lowest BCUT2D eigenvalue weighted by atomic mass is 9.90. The number of halogens is 2. The van der Waals surface area contributed by atoms with Gasteiger partial charge in [0.15, 0.2) is 11.6 Å². The molecule has 1 heterocycles. The first-order valence-corrected chi connectivity index (χ1v) is 5.30. The zero-order chi connectivity index (χ0) is 11.8. The number of aliphatic hydroxyl groups is 1. The molecule has 1 aliphatic rings. The van der Waals surface area contributed by atoms with Crippen LogP contribution in [0, 0.1) is 11.6 Å². The average molecular weight is 228 g/mol. The van der Waals surface area contributed by atoms with Crippen molar-refractivity contribution in [2.24, 2.45) is 0 Å². The number of rotatable bonds is 2. The molecular weight excluding hydrogens is 214 g/mol. The third-order valence-corrected chi connectivity index (χ3v) is 3.10. The van der Waals surface area contributed by atoms with Crippen LogP contribution < -0.4 is 0 Å². The van der Waals surface area contributed by atoms with Crippen molar-refractivity contribution < 1.29 is 18.6 Å². The molecule has 0 aliphatic carbocycles. The summed E-state index contributed by atoms with van der Waals surface area (Å²) in [5.74, 6) is -1.94. The van der Waals surface area contributed by atoms with Gasteiger partial charge < -0.3 is 9.84 Å². The third kappa shape index (κ3) is 1.83. The van der Waals surface area contributed by atoms with Gasteiger partial charge in [-0.25, -0.2) is 8.78 Å². The molecule has 1 aliphatic heterocycles. The summed E-state index contributed by atoms with van der Waals surface area (Å²) in [4.78, 5) is 0. The van der Waals surface area contributed by atoms with Gasteiger partial charge in [-0.3, -0.25) is 0 Å². The van der Waals surface area contributed by atoms with Crippen molar-refractivity contribution in [3.8, 4) is 0 Å². The van der Waals surface area contributed by atoms with Gasteiger partial charge in [-0.05, 0) is 25.8 Å². The first kappa shape index (κ1) is 11.5. The number of hydrogen-bond acceptors (Lipinski definition) is 2. The smallest absolute Gasteiger partial charge is 0.164 e. The Morgan fingerprint density at radius 1 is 1.44 bits per heavy atom. The van der Waals surface area contributed by atoms with E-state index in [-0.39, 0.29) is 5.56 Å². The Bertz CT molecular complexity index is 387. The lowest BCUT2D eigenvalue weighted by Gasteiger charge is -2.29. The van der Waals surface area contributed by atoms with Gasteiger partial charge in [-0.1, -0.05) is 12.1 Å². The standard InChI is InChI=1S/C12H14F2O2/c1-12(6-3-7-16-12)11(15)8-4-2-5-9(13)10(8)14/h2,4-5,11,15H,3,6-7H2,1H3. The highest BCUT2D eigenvalue weighted by Gasteiger charge is 2.39. The molecule has 0 saturated carbocycles. The summed E-state index contributed by atoms with van der Waals surface area (Å²) in [5.41, 5.74) is -0.848. The second-order valence-electron chi connectivity index (χ2n) is 4.31. The van der Waals surface area contributed by atoms with E-state index in [1.807, 2.05) is 0 Å². The van der Waals surface area contributed by atoms with Crippen LogP contribution in [-0.2, 0) is 4.74 Å². The molecule has 1 aromatic rings. The van der Waals surface area contributed by atoms with Gasteiger partial charge in [0.25, 0.3) is 0 Å². The van der Waals surface area contributed by atoms with E-state index in [9.17, 15) is 13.9 Å². The maximum atomic E-state index is 13.5. The molecule has 0 bridgehead atoms.